The molecule has 0 aromatic heterocycles. The van der Waals surface area contributed by atoms with Crippen LogP contribution in [0.1, 0.15) is 72.6 Å². The fraction of sp³-hybridized carbons (Fsp3) is 0.773. The van der Waals surface area contributed by atoms with Gasteiger partial charge < -0.3 is 16.4 Å². The zero-order chi connectivity index (χ0) is 21.4. The van der Waals surface area contributed by atoms with Gasteiger partial charge in [0.05, 0.1) is 6.54 Å². The second-order valence-electron chi connectivity index (χ2n) is 9.05. The predicted octanol–water partition coefficient (Wildman–Crippen LogP) is 2.53. The van der Waals surface area contributed by atoms with Gasteiger partial charge in [0.2, 0.25) is 5.91 Å². The van der Waals surface area contributed by atoms with Crippen LogP contribution in [0.15, 0.2) is 16.8 Å². The van der Waals surface area contributed by atoms with E-state index < -0.39 is 5.54 Å². The van der Waals surface area contributed by atoms with Gasteiger partial charge in [-0.1, -0.05) is 39.7 Å². The highest BCUT2D eigenvalue weighted by molar-refractivity contribution is 6.06. The van der Waals surface area contributed by atoms with Gasteiger partial charge in [-0.05, 0) is 50.9 Å². The fourth-order valence-electron chi connectivity index (χ4n) is 4.27. The van der Waals surface area contributed by atoms with Crippen molar-refractivity contribution in [3.05, 3.63) is 11.8 Å². The van der Waals surface area contributed by atoms with E-state index in [4.69, 9.17) is 5.73 Å². The van der Waals surface area contributed by atoms with Gasteiger partial charge in [-0.25, -0.2) is 4.99 Å². The first-order valence-corrected chi connectivity index (χ1v) is 11.1. The second kappa shape index (κ2) is 10.6. The first kappa shape index (κ1) is 23.2. The molecule has 2 rings (SSSR count). The van der Waals surface area contributed by atoms with Gasteiger partial charge in [0.15, 0.2) is 5.96 Å². The van der Waals surface area contributed by atoms with Crippen LogP contribution in [0, 0.1) is 11.8 Å². The minimum atomic E-state index is -0.736. The van der Waals surface area contributed by atoms with Gasteiger partial charge in [0, 0.05) is 18.8 Å². The molecule has 29 heavy (non-hydrogen) atoms. The summed E-state index contributed by atoms with van der Waals surface area (Å²) in [6.07, 6.45) is 8.93. The summed E-state index contributed by atoms with van der Waals surface area (Å²) in [6.45, 7) is 9.84. The van der Waals surface area contributed by atoms with E-state index in [0.717, 1.165) is 50.8 Å². The molecule has 1 heterocycles. The number of nitrogens with one attached hydrogen (secondary N) is 2. The number of aliphatic imine (C=N–C) groups is 1. The Morgan fingerprint density at radius 3 is 2.86 bits per heavy atom. The highest BCUT2D eigenvalue weighted by Gasteiger charge is 2.44. The predicted molar refractivity (Wildman–Crippen MR) is 117 cm³/mol. The number of amides is 2. The molecule has 1 aliphatic carbocycles. The Hall–Kier alpha value is -2.05. The zero-order valence-corrected chi connectivity index (χ0v) is 18.6. The summed E-state index contributed by atoms with van der Waals surface area (Å²) in [6, 6.07) is 0. The lowest BCUT2D eigenvalue weighted by molar-refractivity contribution is -0.131. The molecule has 0 saturated carbocycles. The number of allylic oxidation sites excluding steroid dienone is 2. The van der Waals surface area contributed by atoms with Crippen LogP contribution in [0.25, 0.3) is 0 Å². The summed E-state index contributed by atoms with van der Waals surface area (Å²) in [5.41, 5.74) is 6.46. The number of carbonyl (C=O) groups excluding carboxylic acids is 2. The lowest BCUT2D eigenvalue weighted by atomic mass is 9.89. The number of nitrogens with zero attached hydrogens (tertiary/aromatic N) is 2. The van der Waals surface area contributed by atoms with Crippen LogP contribution < -0.4 is 16.4 Å². The van der Waals surface area contributed by atoms with Crippen molar-refractivity contribution in [1.29, 1.82) is 0 Å². The van der Waals surface area contributed by atoms with Crippen LogP contribution in [-0.2, 0) is 9.59 Å². The van der Waals surface area contributed by atoms with Crippen LogP contribution in [0.3, 0.4) is 0 Å². The number of hydrogen-bond donors (Lipinski definition) is 3. The molecule has 164 valence electrons. The van der Waals surface area contributed by atoms with Gasteiger partial charge in [-0.3, -0.25) is 14.5 Å². The van der Waals surface area contributed by atoms with E-state index in [1.807, 2.05) is 6.92 Å². The number of nitrogens with two attached hydrogens (primary N) is 1. The summed E-state index contributed by atoms with van der Waals surface area (Å²) >= 11 is 0. The standard InChI is InChI=1S/C22H39N5O2/c1-5-6-7-11-24-19(28)14-25-18-10-8-9-17(12-18)15-27-20(29)22(4,13-16(2)3)26-21(27)23/h10,16-17,25H,5-9,11-15H2,1-4H3,(H2,23,26)(H,24,28). The first-order chi connectivity index (χ1) is 13.7. The molecule has 2 unspecified atom stereocenters. The Morgan fingerprint density at radius 1 is 1.41 bits per heavy atom. The SMILES string of the molecule is CCCCCNC(=O)CNC1=CCCC(CN2C(=O)C(C)(CC(C)C)N=C2N)C1. The molecule has 7 nitrogen and oxygen atoms in total. The zero-order valence-electron chi connectivity index (χ0n) is 18.6. The molecule has 2 amide bonds. The van der Waals surface area contributed by atoms with Crippen molar-refractivity contribution in [2.45, 2.75) is 78.2 Å². The molecule has 2 atom stereocenters. The van der Waals surface area contributed by atoms with Gasteiger partial charge >= 0.3 is 0 Å². The van der Waals surface area contributed by atoms with E-state index in [0.29, 0.717) is 37.3 Å². The van der Waals surface area contributed by atoms with E-state index >= 15 is 0 Å². The van der Waals surface area contributed by atoms with Gasteiger partial charge in [0.1, 0.15) is 5.54 Å². The Morgan fingerprint density at radius 2 is 2.17 bits per heavy atom. The van der Waals surface area contributed by atoms with Crippen LogP contribution in [-0.4, -0.2) is 47.8 Å². The van der Waals surface area contributed by atoms with Crippen LogP contribution in [0.2, 0.25) is 0 Å². The average molecular weight is 406 g/mol. The summed E-state index contributed by atoms with van der Waals surface area (Å²) < 4.78 is 0. The molecular formula is C22H39N5O2. The second-order valence-corrected chi connectivity index (χ2v) is 9.05. The summed E-state index contributed by atoms with van der Waals surface area (Å²) in [4.78, 5) is 31.1. The van der Waals surface area contributed by atoms with E-state index in [1.54, 1.807) is 4.90 Å². The van der Waals surface area contributed by atoms with Crippen LogP contribution in [0.5, 0.6) is 0 Å². The van der Waals surface area contributed by atoms with E-state index in [1.165, 1.54) is 0 Å². The molecule has 0 radical (unpaired) electrons. The smallest absolute Gasteiger partial charge is 0.257 e. The maximum Gasteiger partial charge on any atom is 0.257 e. The Bertz CT molecular complexity index is 643. The molecule has 4 N–H and O–H groups in total. The minimum Gasteiger partial charge on any atom is -0.380 e. The third-order valence-corrected chi connectivity index (χ3v) is 5.64. The first-order valence-electron chi connectivity index (χ1n) is 11.1. The van der Waals surface area contributed by atoms with Gasteiger partial charge in [0.25, 0.3) is 5.91 Å². The Kier molecular flexibility index (Phi) is 8.53. The highest BCUT2D eigenvalue weighted by Crippen LogP contribution is 2.31. The number of unbranched alkanes of at least 4 members (excludes halogenated alkanes) is 2. The summed E-state index contributed by atoms with van der Waals surface area (Å²) in [5, 5.41) is 6.22. The molecule has 7 heteroatoms. The molecule has 0 aromatic rings. The number of guanidine groups is 1. The van der Waals surface area contributed by atoms with Crippen molar-refractivity contribution in [2.24, 2.45) is 22.6 Å². The third-order valence-electron chi connectivity index (χ3n) is 5.64. The molecule has 0 saturated heterocycles. The van der Waals surface area contributed by atoms with Crippen LogP contribution in [0.4, 0.5) is 0 Å². The Labute approximate surface area is 175 Å². The lowest BCUT2D eigenvalue weighted by Crippen LogP contribution is -2.46. The average Bonchev–Trinajstić information content (AvgIpc) is 2.86. The summed E-state index contributed by atoms with van der Waals surface area (Å²) in [5.74, 6) is 1.07. The van der Waals surface area contributed by atoms with E-state index in [-0.39, 0.29) is 11.8 Å². The van der Waals surface area contributed by atoms with Crippen molar-refractivity contribution in [3.8, 4) is 0 Å². The quantitative estimate of drug-likeness (QED) is 0.460. The monoisotopic (exact) mass is 405 g/mol. The largest absolute Gasteiger partial charge is 0.380 e. The number of rotatable bonds is 11. The minimum absolute atomic E-state index is 0.0132. The molecule has 0 aromatic carbocycles. The third kappa shape index (κ3) is 6.75. The van der Waals surface area contributed by atoms with Crippen molar-refractivity contribution in [2.75, 3.05) is 19.6 Å². The van der Waals surface area contributed by atoms with E-state index in [2.05, 4.69) is 42.5 Å². The fourth-order valence-corrected chi connectivity index (χ4v) is 4.27. The van der Waals surface area contributed by atoms with Gasteiger partial charge in [-0.2, -0.15) is 0 Å². The number of hydrogen-bond acceptors (Lipinski definition) is 5. The highest BCUT2D eigenvalue weighted by atomic mass is 16.2. The van der Waals surface area contributed by atoms with Crippen molar-refractivity contribution in [1.82, 2.24) is 15.5 Å². The summed E-state index contributed by atoms with van der Waals surface area (Å²) in [7, 11) is 0. The van der Waals surface area contributed by atoms with Crippen molar-refractivity contribution < 1.29 is 9.59 Å². The lowest BCUT2D eigenvalue weighted by Gasteiger charge is -2.29. The topological polar surface area (TPSA) is 99.8 Å². The van der Waals surface area contributed by atoms with Crippen LogP contribution >= 0.6 is 0 Å². The number of carbonyl (C=O) groups is 2. The van der Waals surface area contributed by atoms with E-state index in [9.17, 15) is 9.59 Å². The Balaban J connectivity index is 1.81. The van der Waals surface area contributed by atoms with Crippen molar-refractivity contribution in [3.63, 3.8) is 0 Å². The van der Waals surface area contributed by atoms with Crippen molar-refractivity contribution >= 4 is 17.8 Å². The molecule has 1 aliphatic heterocycles. The molecule has 0 bridgehead atoms. The molecule has 2 aliphatic rings. The molecule has 0 spiro atoms. The molecule has 0 fully saturated rings. The maximum absolute atomic E-state index is 12.9. The molecular weight excluding hydrogens is 366 g/mol. The normalized spacial score (nSPS) is 24.5. The van der Waals surface area contributed by atoms with Gasteiger partial charge in [-0.15, -0.1) is 0 Å². The maximum atomic E-state index is 12.9.